The number of carbonyl (C=O) groups excluding carboxylic acids is 3. The summed E-state index contributed by atoms with van der Waals surface area (Å²) in [5.74, 6) is 1.10. The zero-order chi connectivity index (χ0) is 28.5. The number of nitrogens with one attached hydrogen (secondary N) is 2. The van der Waals surface area contributed by atoms with E-state index in [-0.39, 0.29) is 23.9 Å². The molecule has 4 amide bonds. The van der Waals surface area contributed by atoms with Gasteiger partial charge < -0.3 is 26.0 Å². The van der Waals surface area contributed by atoms with E-state index in [1.165, 1.54) is 11.3 Å². The van der Waals surface area contributed by atoms with E-state index in [0.717, 1.165) is 29.5 Å². The van der Waals surface area contributed by atoms with E-state index in [0.29, 0.717) is 58.6 Å². The second-order valence-corrected chi connectivity index (χ2v) is 11.1. The van der Waals surface area contributed by atoms with Crippen molar-refractivity contribution in [2.45, 2.75) is 32.2 Å². The summed E-state index contributed by atoms with van der Waals surface area (Å²) in [4.78, 5) is 48.3. The van der Waals surface area contributed by atoms with Gasteiger partial charge in [0.2, 0.25) is 5.91 Å². The summed E-state index contributed by atoms with van der Waals surface area (Å²) in [5, 5.41) is 6.74. The maximum atomic E-state index is 13.5. The number of amides is 4. The van der Waals surface area contributed by atoms with Gasteiger partial charge >= 0.3 is 6.03 Å². The second-order valence-electron chi connectivity index (χ2n) is 10.1. The predicted octanol–water partition coefficient (Wildman–Crippen LogP) is 5.15. The number of anilines is 3. The van der Waals surface area contributed by atoms with Gasteiger partial charge in [0.05, 0.1) is 22.4 Å². The van der Waals surface area contributed by atoms with Crippen LogP contribution in [0.1, 0.15) is 34.5 Å². The minimum atomic E-state index is -0.367. The molecule has 4 heterocycles. The van der Waals surface area contributed by atoms with Crippen LogP contribution in [-0.4, -0.2) is 53.4 Å². The molecule has 4 aromatic rings. The highest BCUT2D eigenvalue weighted by molar-refractivity contribution is 7.21. The summed E-state index contributed by atoms with van der Waals surface area (Å²) in [6.07, 6.45) is 3.51. The average Bonchev–Trinajstić information content (AvgIpc) is 3.34. The van der Waals surface area contributed by atoms with Gasteiger partial charge in [0.25, 0.3) is 5.91 Å². The summed E-state index contributed by atoms with van der Waals surface area (Å²) in [7, 11) is 0. The average molecular weight is 571 g/mol. The van der Waals surface area contributed by atoms with Gasteiger partial charge in [0.1, 0.15) is 21.2 Å². The Hall–Kier alpha value is -4.48. The summed E-state index contributed by atoms with van der Waals surface area (Å²) in [5.41, 5.74) is 8.21. The second kappa shape index (κ2) is 11.2. The normalized spacial score (nSPS) is 16.4. The number of para-hydroxylation sites is 1. The Morgan fingerprint density at radius 3 is 2.76 bits per heavy atom. The highest BCUT2D eigenvalue weighted by atomic mass is 32.1. The van der Waals surface area contributed by atoms with Gasteiger partial charge in [-0.25, -0.2) is 9.78 Å². The zero-order valence-corrected chi connectivity index (χ0v) is 23.4. The summed E-state index contributed by atoms with van der Waals surface area (Å²) >= 11 is 1.24. The summed E-state index contributed by atoms with van der Waals surface area (Å²) < 4.78 is 5.97. The molecular weight excluding hydrogens is 540 g/mol. The van der Waals surface area contributed by atoms with Crippen LogP contribution in [0.2, 0.25) is 0 Å². The van der Waals surface area contributed by atoms with E-state index in [2.05, 4.69) is 15.6 Å². The fraction of sp³-hybridized carbons (Fsp3) is 0.267. The Morgan fingerprint density at radius 1 is 1.15 bits per heavy atom. The molecule has 1 saturated heterocycles. The van der Waals surface area contributed by atoms with Gasteiger partial charge in [-0.3, -0.25) is 14.5 Å². The molecule has 2 aromatic carbocycles. The Bertz CT molecular complexity index is 1640. The Labute approximate surface area is 241 Å². The third kappa shape index (κ3) is 5.21. The number of benzene rings is 2. The molecule has 10 nitrogen and oxygen atoms in total. The lowest BCUT2D eigenvalue weighted by Gasteiger charge is -2.33. The molecule has 2 aliphatic heterocycles. The van der Waals surface area contributed by atoms with Crippen molar-refractivity contribution in [3.8, 4) is 11.5 Å². The fourth-order valence-corrected chi connectivity index (χ4v) is 6.43. The largest absolute Gasteiger partial charge is 0.457 e. The van der Waals surface area contributed by atoms with Crippen LogP contribution in [0.15, 0.2) is 60.8 Å². The predicted molar refractivity (Wildman–Crippen MR) is 159 cm³/mol. The molecule has 1 fully saturated rings. The van der Waals surface area contributed by atoms with Crippen LogP contribution in [0.25, 0.3) is 10.2 Å². The quantitative estimate of drug-likeness (QED) is 0.282. The molecule has 0 unspecified atom stereocenters. The number of piperidine rings is 1. The minimum absolute atomic E-state index is 0.000412. The van der Waals surface area contributed by atoms with E-state index in [1.54, 1.807) is 22.1 Å². The minimum Gasteiger partial charge on any atom is -0.457 e. The molecule has 1 atom stereocenters. The van der Waals surface area contributed by atoms with Crippen molar-refractivity contribution in [1.82, 2.24) is 15.2 Å². The van der Waals surface area contributed by atoms with Crippen molar-refractivity contribution >= 4 is 56.5 Å². The summed E-state index contributed by atoms with van der Waals surface area (Å²) in [6.45, 7) is 3.33. The van der Waals surface area contributed by atoms with E-state index < -0.39 is 0 Å². The zero-order valence-electron chi connectivity index (χ0n) is 22.6. The van der Waals surface area contributed by atoms with E-state index in [9.17, 15) is 14.4 Å². The molecular formula is C30H30N6O4S. The van der Waals surface area contributed by atoms with Gasteiger partial charge in [0.15, 0.2) is 0 Å². The topological polar surface area (TPSA) is 130 Å². The van der Waals surface area contributed by atoms with Crippen molar-refractivity contribution in [2.24, 2.45) is 5.73 Å². The highest BCUT2D eigenvalue weighted by Gasteiger charge is 2.34. The lowest BCUT2D eigenvalue weighted by atomic mass is 10.0. The Morgan fingerprint density at radius 2 is 1.98 bits per heavy atom. The lowest BCUT2D eigenvalue weighted by molar-refractivity contribution is -0.132. The first-order valence-corrected chi connectivity index (χ1v) is 14.4. The van der Waals surface area contributed by atoms with Crippen molar-refractivity contribution in [3.05, 3.63) is 71.2 Å². The number of rotatable bonds is 7. The Balaban J connectivity index is 1.27. The van der Waals surface area contributed by atoms with Crippen LogP contribution in [0.5, 0.6) is 11.5 Å². The number of ether oxygens (including phenoxy) is 1. The maximum absolute atomic E-state index is 13.5. The molecule has 0 bridgehead atoms. The van der Waals surface area contributed by atoms with Crippen molar-refractivity contribution in [1.29, 1.82) is 0 Å². The van der Waals surface area contributed by atoms with Crippen molar-refractivity contribution < 1.29 is 19.1 Å². The number of hydrogen-bond acceptors (Lipinski definition) is 7. The maximum Gasteiger partial charge on any atom is 0.331 e. The number of urea groups is 1. The van der Waals surface area contributed by atoms with Crippen LogP contribution >= 0.6 is 11.3 Å². The number of pyridine rings is 1. The van der Waals surface area contributed by atoms with Gasteiger partial charge in [-0.2, -0.15) is 0 Å². The van der Waals surface area contributed by atoms with Gasteiger partial charge in [0, 0.05) is 38.3 Å². The molecule has 4 N–H and O–H groups in total. The van der Waals surface area contributed by atoms with E-state index in [4.69, 9.17) is 10.5 Å². The molecule has 210 valence electrons. The first-order valence-electron chi connectivity index (χ1n) is 13.6. The van der Waals surface area contributed by atoms with Crippen LogP contribution in [0, 0.1) is 6.92 Å². The third-order valence-corrected chi connectivity index (χ3v) is 8.40. The SMILES string of the molecule is Cc1cc(Oc2ccccc2)ccc1N1C(=O)Nc2c(C(=O)N[C@@H]3CCCN(C(=O)CCN)C3)sc3nccc1c23. The molecule has 11 heteroatoms. The number of carbonyl (C=O) groups is 3. The van der Waals surface area contributed by atoms with E-state index >= 15 is 0 Å². The molecule has 2 aromatic heterocycles. The first-order chi connectivity index (χ1) is 19.9. The van der Waals surface area contributed by atoms with Crippen LogP contribution in [0.3, 0.4) is 0 Å². The molecule has 0 radical (unpaired) electrons. The van der Waals surface area contributed by atoms with Crippen LogP contribution in [-0.2, 0) is 4.79 Å². The van der Waals surface area contributed by atoms with Crippen LogP contribution in [0.4, 0.5) is 21.9 Å². The number of hydrogen-bond donors (Lipinski definition) is 3. The smallest absolute Gasteiger partial charge is 0.331 e. The number of aryl methyl sites for hydroxylation is 1. The highest BCUT2D eigenvalue weighted by Crippen LogP contribution is 2.46. The standard InChI is InChI=1S/C30H30N6O4S/c1-18-16-21(40-20-7-3-2-4-8-20)9-10-22(18)36-23-12-14-32-29-25(23)26(34-30(36)39)27(41-29)28(38)33-19-6-5-15-35(17-19)24(37)11-13-31/h2-4,7-10,12,14,16,19H,5-6,11,13,15,17,31H2,1H3,(H,33,38)(H,34,39)/t19-/m1/s1. The molecule has 2 aliphatic rings. The monoisotopic (exact) mass is 570 g/mol. The number of nitrogens with zero attached hydrogens (tertiary/aromatic N) is 3. The fourth-order valence-electron chi connectivity index (χ4n) is 5.40. The molecule has 0 saturated carbocycles. The first kappa shape index (κ1) is 26.7. The van der Waals surface area contributed by atoms with Crippen molar-refractivity contribution in [2.75, 3.05) is 29.9 Å². The number of nitrogens with two attached hydrogens (primary N) is 1. The van der Waals surface area contributed by atoms with Gasteiger partial charge in [-0.05, 0) is 61.7 Å². The Kier molecular flexibility index (Phi) is 7.29. The molecule has 6 rings (SSSR count). The molecule has 0 spiro atoms. The van der Waals surface area contributed by atoms with Crippen molar-refractivity contribution in [3.63, 3.8) is 0 Å². The number of thiophene rings is 1. The number of aromatic nitrogens is 1. The molecule has 41 heavy (non-hydrogen) atoms. The van der Waals surface area contributed by atoms with Gasteiger partial charge in [-0.1, -0.05) is 18.2 Å². The van der Waals surface area contributed by atoms with E-state index in [1.807, 2.05) is 55.5 Å². The third-order valence-electron chi connectivity index (χ3n) is 7.31. The summed E-state index contributed by atoms with van der Waals surface area (Å²) in [6, 6.07) is 16.3. The molecule has 0 aliphatic carbocycles. The lowest BCUT2D eigenvalue weighted by Crippen LogP contribution is -2.49. The van der Waals surface area contributed by atoms with Gasteiger partial charge in [-0.15, -0.1) is 11.3 Å². The number of likely N-dealkylation sites (tertiary alicyclic amines) is 1. The van der Waals surface area contributed by atoms with Crippen LogP contribution < -0.4 is 26.0 Å².